The minimum Gasteiger partial charge on any atom is -0.497 e. The third-order valence-electron chi connectivity index (χ3n) is 5.57. The second-order valence-electron chi connectivity index (χ2n) is 7.06. The number of nitrogens with one attached hydrogen (secondary N) is 1. The van der Waals surface area contributed by atoms with Crippen LogP contribution in [0.1, 0.15) is 24.8 Å². The summed E-state index contributed by atoms with van der Waals surface area (Å²) in [7, 11) is 3.59. The molecule has 0 bridgehead atoms. The predicted octanol–water partition coefficient (Wildman–Crippen LogP) is 3.27. The van der Waals surface area contributed by atoms with Crippen LogP contribution in [-0.4, -0.2) is 68.9 Å². The van der Waals surface area contributed by atoms with Gasteiger partial charge >= 0.3 is 0 Å². The van der Waals surface area contributed by atoms with Crippen LogP contribution in [0.2, 0.25) is 0 Å². The summed E-state index contributed by atoms with van der Waals surface area (Å²) >= 11 is 1.95. The van der Waals surface area contributed by atoms with Crippen LogP contribution >= 0.6 is 11.8 Å². The van der Waals surface area contributed by atoms with Crippen molar-refractivity contribution in [1.29, 1.82) is 0 Å². The lowest BCUT2D eigenvalue weighted by molar-refractivity contribution is 0.0781. The summed E-state index contributed by atoms with van der Waals surface area (Å²) in [5, 5.41) is 3.62. The summed E-state index contributed by atoms with van der Waals surface area (Å²) in [6.45, 7) is 4.50. The molecule has 1 aromatic carbocycles. The Bertz CT molecular complexity index is 684. The van der Waals surface area contributed by atoms with E-state index in [2.05, 4.69) is 45.7 Å². The van der Waals surface area contributed by atoms with Crippen molar-refractivity contribution in [1.82, 2.24) is 10.2 Å². The topological polar surface area (TPSA) is 46.1 Å². The molecule has 0 atom stereocenters. The van der Waals surface area contributed by atoms with Gasteiger partial charge in [-0.25, -0.2) is 0 Å². The SMILES string of the molecule is CN=C(NCC1(SC)CCOCC1)N1CC=C(c2cccc(OC)c2)CC1. The minimum absolute atomic E-state index is 0.256. The summed E-state index contributed by atoms with van der Waals surface area (Å²) in [5.74, 6) is 1.91. The first-order chi connectivity index (χ1) is 13.2. The lowest BCUT2D eigenvalue weighted by Gasteiger charge is -2.37. The molecule has 0 aliphatic carbocycles. The average Bonchev–Trinajstić information content (AvgIpc) is 2.75. The molecule has 1 saturated heterocycles. The Labute approximate surface area is 167 Å². The van der Waals surface area contributed by atoms with Crippen LogP contribution in [0.15, 0.2) is 35.3 Å². The van der Waals surface area contributed by atoms with Gasteiger partial charge in [0.2, 0.25) is 0 Å². The molecule has 0 radical (unpaired) electrons. The normalized spacial score (nSPS) is 20.2. The number of methoxy groups -OCH3 is 1. The van der Waals surface area contributed by atoms with Crippen molar-refractivity contribution in [3.63, 3.8) is 0 Å². The largest absolute Gasteiger partial charge is 0.497 e. The lowest BCUT2D eigenvalue weighted by atomic mass is 9.98. The highest BCUT2D eigenvalue weighted by atomic mass is 32.2. The number of guanidine groups is 1. The molecule has 6 heteroatoms. The van der Waals surface area contributed by atoms with E-state index in [-0.39, 0.29) is 4.75 Å². The summed E-state index contributed by atoms with van der Waals surface area (Å²) in [6, 6.07) is 8.31. The van der Waals surface area contributed by atoms with Gasteiger partial charge in [0.05, 0.1) is 7.11 Å². The van der Waals surface area contributed by atoms with Crippen molar-refractivity contribution >= 4 is 23.3 Å². The Balaban J connectivity index is 1.60. The van der Waals surface area contributed by atoms with Gasteiger partial charge in [-0.3, -0.25) is 4.99 Å². The molecular formula is C21H31N3O2S. The molecular weight excluding hydrogens is 358 g/mol. The van der Waals surface area contributed by atoms with Crippen molar-refractivity contribution in [3.05, 3.63) is 35.9 Å². The highest BCUT2D eigenvalue weighted by Crippen LogP contribution is 2.33. The molecule has 0 spiro atoms. The van der Waals surface area contributed by atoms with E-state index < -0.39 is 0 Å². The Kier molecular flexibility index (Phi) is 7.07. The molecule has 2 aliphatic rings. The molecule has 0 aromatic heterocycles. The third-order valence-corrected chi connectivity index (χ3v) is 6.99. The predicted molar refractivity (Wildman–Crippen MR) is 115 cm³/mol. The number of hydrogen-bond acceptors (Lipinski definition) is 4. The number of aliphatic imine (C=N–C) groups is 1. The Morgan fingerprint density at radius 1 is 1.37 bits per heavy atom. The van der Waals surface area contributed by atoms with Crippen LogP contribution in [0.3, 0.4) is 0 Å². The third kappa shape index (κ3) is 4.99. The average molecular weight is 390 g/mol. The smallest absolute Gasteiger partial charge is 0.193 e. The number of benzene rings is 1. The first-order valence-electron chi connectivity index (χ1n) is 9.62. The second kappa shape index (κ2) is 9.51. The summed E-state index contributed by atoms with van der Waals surface area (Å²) < 4.78 is 11.2. The van der Waals surface area contributed by atoms with Gasteiger partial charge in [0.25, 0.3) is 0 Å². The van der Waals surface area contributed by atoms with Gasteiger partial charge in [-0.15, -0.1) is 0 Å². The first kappa shape index (κ1) is 20.1. The van der Waals surface area contributed by atoms with Gasteiger partial charge in [-0.1, -0.05) is 18.2 Å². The molecule has 1 fully saturated rings. The molecule has 0 saturated carbocycles. The van der Waals surface area contributed by atoms with E-state index >= 15 is 0 Å². The van der Waals surface area contributed by atoms with E-state index in [9.17, 15) is 0 Å². The highest BCUT2D eigenvalue weighted by Gasteiger charge is 2.32. The quantitative estimate of drug-likeness (QED) is 0.619. The molecule has 2 heterocycles. The van der Waals surface area contributed by atoms with Crippen molar-refractivity contribution in [2.45, 2.75) is 24.0 Å². The number of nitrogens with zero attached hydrogens (tertiary/aromatic N) is 2. The number of rotatable bonds is 5. The maximum atomic E-state index is 5.55. The van der Waals surface area contributed by atoms with Crippen molar-refractivity contribution in [3.8, 4) is 5.75 Å². The van der Waals surface area contributed by atoms with Crippen LogP contribution in [-0.2, 0) is 4.74 Å². The van der Waals surface area contributed by atoms with Crippen LogP contribution in [0.25, 0.3) is 5.57 Å². The maximum Gasteiger partial charge on any atom is 0.193 e. The number of hydrogen-bond donors (Lipinski definition) is 1. The van der Waals surface area contributed by atoms with Crippen molar-refractivity contribution in [2.75, 3.05) is 53.3 Å². The molecule has 27 heavy (non-hydrogen) atoms. The standard InChI is InChI=1S/C21H31N3O2S/c1-22-20(23-16-21(27-3)9-13-26-14-10-21)24-11-7-17(8-12-24)18-5-4-6-19(15-18)25-2/h4-7,15H,8-14,16H2,1-3H3,(H,22,23). The van der Waals surface area contributed by atoms with E-state index in [1.54, 1.807) is 7.11 Å². The van der Waals surface area contributed by atoms with E-state index in [4.69, 9.17) is 9.47 Å². The van der Waals surface area contributed by atoms with Crippen LogP contribution in [0.5, 0.6) is 5.75 Å². The summed E-state index contributed by atoms with van der Waals surface area (Å²) in [6.07, 6.45) is 7.72. The van der Waals surface area contributed by atoms with Gasteiger partial charge in [0.15, 0.2) is 5.96 Å². The Morgan fingerprint density at radius 3 is 2.81 bits per heavy atom. The fourth-order valence-corrected chi connectivity index (χ4v) is 4.51. The zero-order valence-corrected chi connectivity index (χ0v) is 17.5. The number of ether oxygens (including phenoxy) is 2. The second-order valence-corrected chi connectivity index (χ2v) is 8.33. The molecule has 1 N–H and O–H groups in total. The molecule has 3 rings (SSSR count). The van der Waals surface area contributed by atoms with Gasteiger partial charge < -0.3 is 19.7 Å². The van der Waals surface area contributed by atoms with Crippen molar-refractivity contribution in [2.24, 2.45) is 4.99 Å². The van der Waals surface area contributed by atoms with E-state index in [1.165, 1.54) is 11.1 Å². The fourth-order valence-electron chi connectivity index (χ4n) is 3.72. The zero-order valence-electron chi connectivity index (χ0n) is 16.7. The maximum absolute atomic E-state index is 5.55. The number of thioether (sulfide) groups is 1. The summed E-state index contributed by atoms with van der Waals surface area (Å²) in [4.78, 5) is 6.86. The van der Waals surface area contributed by atoms with E-state index in [0.29, 0.717) is 0 Å². The van der Waals surface area contributed by atoms with Gasteiger partial charge in [0.1, 0.15) is 5.75 Å². The van der Waals surface area contributed by atoms with Crippen LogP contribution in [0, 0.1) is 0 Å². The molecule has 0 unspecified atom stereocenters. The monoisotopic (exact) mass is 389 g/mol. The highest BCUT2D eigenvalue weighted by molar-refractivity contribution is 8.00. The minimum atomic E-state index is 0.256. The van der Waals surface area contributed by atoms with E-state index in [0.717, 1.165) is 63.8 Å². The van der Waals surface area contributed by atoms with Gasteiger partial charge in [-0.2, -0.15) is 11.8 Å². The van der Waals surface area contributed by atoms with Gasteiger partial charge in [-0.05, 0) is 48.8 Å². The molecule has 0 amide bonds. The van der Waals surface area contributed by atoms with E-state index in [1.807, 2.05) is 24.9 Å². The van der Waals surface area contributed by atoms with Crippen LogP contribution < -0.4 is 10.1 Å². The van der Waals surface area contributed by atoms with Crippen LogP contribution in [0.4, 0.5) is 0 Å². The van der Waals surface area contributed by atoms with Crippen molar-refractivity contribution < 1.29 is 9.47 Å². The fraction of sp³-hybridized carbons (Fsp3) is 0.571. The Morgan fingerprint density at radius 2 is 2.19 bits per heavy atom. The lowest BCUT2D eigenvalue weighted by Crippen LogP contribution is -2.50. The molecule has 2 aliphatic heterocycles. The summed E-state index contributed by atoms with van der Waals surface area (Å²) in [5.41, 5.74) is 2.63. The Hall–Kier alpha value is -1.66. The molecule has 148 valence electrons. The zero-order chi connectivity index (χ0) is 19.1. The molecule has 1 aromatic rings. The molecule has 5 nitrogen and oxygen atoms in total. The van der Waals surface area contributed by atoms with Gasteiger partial charge in [0, 0.05) is 44.6 Å². The first-order valence-corrected chi connectivity index (χ1v) is 10.8.